The molecule has 1 aliphatic heterocycles. The zero-order chi connectivity index (χ0) is 14.7. The number of carbonyl (C=O) groups is 1. The highest BCUT2D eigenvalue weighted by Crippen LogP contribution is 2.34. The molecule has 4 nitrogen and oxygen atoms in total. The van der Waals surface area contributed by atoms with Crippen LogP contribution in [0.3, 0.4) is 0 Å². The minimum Gasteiger partial charge on any atom is -0.372 e. The van der Waals surface area contributed by atoms with Crippen LogP contribution >= 0.6 is 0 Å². The van der Waals surface area contributed by atoms with Crippen molar-refractivity contribution in [3.05, 3.63) is 23.8 Å². The molecule has 1 atom stereocenters. The molecule has 20 heavy (non-hydrogen) atoms. The first kappa shape index (κ1) is 14.9. The molecule has 0 saturated carbocycles. The number of anilines is 2. The zero-order valence-electron chi connectivity index (χ0n) is 12.9. The van der Waals surface area contributed by atoms with E-state index in [2.05, 4.69) is 54.6 Å². The molecule has 0 saturated heterocycles. The second kappa shape index (κ2) is 6.27. The molecule has 2 N–H and O–H groups in total. The van der Waals surface area contributed by atoms with Crippen LogP contribution in [0, 0.1) is 0 Å². The zero-order valence-corrected chi connectivity index (χ0v) is 12.9. The molecule has 0 radical (unpaired) electrons. The van der Waals surface area contributed by atoms with E-state index in [1.165, 1.54) is 0 Å². The van der Waals surface area contributed by atoms with Crippen molar-refractivity contribution in [1.29, 1.82) is 0 Å². The van der Waals surface area contributed by atoms with Gasteiger partial charge in [-0.3, -0.25) is 4.79 Å². The summed E-state index contributed by atoms with van der Waals surface area (Å²) < 4.78 is 0. The number of hydrogen-bond acceptors (Lipinski definition) is 3. The van der Waals surface area contributed by atoms with E-state index in [1.54, 1.807) is 0 Å². The molecule has 1 heterocycles. The van der Waals surface area contributed by atoms with Gasteiger partial charge in [0, 0.05) is 30.0 Å². The Morgan fingerprint density at radius 2 is 2.00 bits per heavy atom. The minimum absolute atomic E-state index is 0.0455. The quantitative estimate of drug-likeness (QED) is 0.839. The van der Waals surface area contributed by atoms with Gasteiger partial charge in [-0.15, -0.1) is 0 Å². The summed E-state index contributed by atoms with van der Waals surface area (Å²) in [5, 5.41) is 6.19. The summed E-state index contributed by atoms with van der Waals surface area (Å²) >= 11 is 0. The molecule has 1 amide bonds. The predicted octanol–water partition coefficient (Wildman–Crippen LogP) is 2.91. The highest BCUT2D eigenvalue weighted by Gasteiger charge is 2.30. The van der Waals surface area contributed by atoms with Gasteiger partial charge in [-0.05, 0) is 31.5 Å². The largest absolute Gasteiger partial charge is 0.372 e. The first-order valence-electron chi connectivity index (χ1n) is 7.53. The van der Waals surface area contributed by atoms with Crippen molar-refractivity contribution >= 4 is 17.3 Å². The molecule has 2 rings (SSSR count). The Labute approximate surface area is 121 Å². The molecule has 110 valence electrons. The molecule has 1 aliphatic rings. The van der Waals surface area contributed by atoms with Crippen LogP contribution in [0.2, 0.25) is 0 Å². The van der Waals surface area contributed by atoms with Crippen LogP contribution in [0.5, 0.6) is 0 Å². The van der Waals surface area contributed by atoms with Crippen LogP contribution in [-0.2, 0) is 4.79 Å². The number of benzene rings is 1. The van der Waals surface area contributed by atoms with Crippen LogP contribution in [0.4, 0.5) is 11.4 Å². The summed E-state index contributed by atoms with van der Waals surface area (Å²) in [5.74, 6) is 0.0455. The number of carbonyl (C=O) groups excluding carboxylic acids is 1. The normalized spacial score (nSPS) is 17.2. The lowest BCUT2D eigenvalue weighted by atomic mass is 10.1. The molecule has 0 bridgehead atoms. The van der Waals surface area contributed by atoms with Gasteiger partial charge < -0.3 is 15.5 Å². The second-order valence-corrected chi connectivity index (χ2v) is 5.33. The Morgan fingerprint density at radius 1 is 1.30 bits per heavy atom. The van der Waals surface area contributed by atoms with E-state index in [-0.39, 0.29) is 11.9 Å². The fourth-order valence-electron chi connectivity index (χ4n) is 2.92. The SMILES string of the molecule is CCNC1C(=O)Nc2cc(N(C)C(CC)CC)ccc21. The lowest BCUT2D eigenvalue weighted by Gasteiger charge is -2.28. The van der Waals surface area contributed by atoms with Crippen molar-refractivity contribution in [3.63, 3.8) is 0 Å². The van der Waals surface area contributed by atoms with E-state index in [0.717, 1.165) is 36.3 Å². The average molecular weight is 275 g/mol. The number of amides is 1. The van der Waals surface area contributed by atoms with Crippen LogP contribution in [0.1, 0.15) is 45.2 Å². The smallest absolute Gasteiger partial charge is 0.246 e. The molecular formula is C16H25N3O. The van der Waals surface area contributed by atoms with Crippen LogP contribution < -0.4 is 15.5 Å². The molecule has 4 heteroatoms. The van der Waals surface area contributed by atoms with Gasteiger partial charge in [-0.25, -0.2) is 0 Å². The monoisotopic (exact) mass is 275 g/mol. The van der Waals surface area contributed by atoms with Crippen molar-refractivity contribution < 1.29 is 4.79 Å². The summed E-state index contributed by atoms with van der Waals surface area (Å²) in [5.41, 5.74) is 3.16. The van der Waals surface area contributed by atoms with E-state index >= 15 is 0 Å². The summed E-state index contributed by atoms with van der Waals surface area (Å²) in [4.78, 5) is 14.3. The number of likely N-dealkylation sites (N-methyl/N-ethyl adjacent to an activating group) is 1. The molecule has 0 aromatic heterocycles. The lowest BCUT2D eigenvalue weighted by molar-refractivity contribution is -0.117. The number of nitrogens with one attached hydrogen (secondary N) is 2. The van der Waals surface area contributed by atoms with Gasteiger partial charge in [0.1, 0.15) is 6.04 Å². The third kappa shape index (κ3) is 2.66. The summed E-state index contributed by atoms with van der Waals surface area (Å²) in [6.45, 7) is 7.22. The van der Waals surface area contributed by atoms with Crippen LogP contribution in [0.15, 0.2) is 18.2 Å². The fourth-order valence-corrected chi connectivity index (χ4v) is 2.92. The third-order valence-corrected chi connectivity index (χ3v) is 4.17. The lowest BCUT2D eigenvalue weighted by Crippen LogP contribution is -2.30. The van der Waals surface area contributed by atoms with Gasteiger partial charge in [-0.1, -0.05) is 26.8 Å². The Hall–Kier alpha value is -1.55. The third-order valence-electron chi connectivity index (χ3n) is 4.17. The summed E-state index contributed by atoms with van der Waals surface area (Å²) in [6, 6.07) is 6.59. The van der Waals surface area contributed by atoms with Crippen molar-refractivity contribution in [2.75, 3.05) is 23.8 Å². The number of nitrogens with zero attached hydrogens (tertiary/aromatic N) is 1. The Balaban J connectivity index is 2.26. The van der Waals surface area contributed by atoms with Crippen LogP contribution in [-0.4, -0.2) is 25.5 Å². The maximum Gasteiger partial charge on any atom is 0.246 e. The fraction of sp³-hybridized carbons (Fsp3) is 0.562. The van der Waals surface area contributed by atoms with Crippen molar-refractivity contribution in [2.24, 2.45) is 0 Å². The molecule has 1 unspecified atom stereocenters. The molecule has 0 aliphatic carbocycles. The van der Waals surface area contributed by atoms with Gasteiger partial charge in [0.2, 0.25) is 5.91 Å². The maximum atomic E-state index is 12.0. The van der Waals surface area contributed by atoms with Gasteiger partial charge in [0.15, 0.2) is 0 Å². The van der Waals surface area contributed by atoms with Crippen molar-refractivity contribution in [3.8, 4) is 0 Å². The molecular weight excluding hydrogens is 250 g/mol. The van der Waals surface area contributed by atoms with Crippen molar-refractivity contribution in [1.82, 2.24) is 5.32 Å². The highest BCUT2D eigenvalue weighted by atomic mass is 16.2. The van der Waals surface area contributed by atoms with E-state index < -0.39 is 0 Å². The van der Waals surface area contributed by atoms with E-state index in [0.29, 0.717) is 6.04 Å². The summed E-state index contributed by atoms with van der Waals surface area (Å²) in [6.07, 6.45) is 2.24. The van der Waals surface area contributed by atoms with Crippen molar-refractivity contribution in [2.45, 2.75) is 45.7 Å². The maximum absolute atomic E-state index is 12.0. The van der Waals surface area contributed by atoms with E-state index in [9.17, 15) is 4.79 Å². The number of hydrogen-bond donors (Lipinski definition) is 2. The first-order valence-corrected chi connectivity index (χ1v) is 7.53. The predicted molar refractivity (Wildman–Crippen MR) is 84.3 cm³/mol. The number of rotatable bonds is 6. The number of fused-ring (bicyclic) bond motifs is 1. The Morgan fingerprint density at radius 3 is 2.60 bits per heavy atom. The first-order chi connectivity index (χ1) is 9.62. The molecule has 1 aromatic carbocycles. The minimum atomic E-state index is -0.206. The van der Waals surface area contributed by atoms with Gasteiger partial charge >= 0.3 is 0 Å². The second-order valence-electron chi connectivity index (χ2n) is 5.33. The van der Waals surface area contributed by atoms with Gasteiger partial charge in [-0.2, -0.15) is 0 Å². The van der Waals surface area contributed by atoms with E-state index in [1.807, 2.05) is 6.92 Å². The Bertz CT molecular complexity index is 483. The van der Waals surface area contributed by atoms with Gasteiger partial charge in [0.05, 0.1) is 0 Å². The molecule has 0 spiro atoms. The topological polar surface area (TPSA) is 44.4 Å². The molecule has 0 fully saturated rings. The highest BCUT2D eigenvalue weighted by molar-refractivity contribution is 6.03. The van der Waals surface area contributed by atoms with Crippen LogP contribution in [0.25, 0.3) is 0 Å². The average Bonchev–Trinajstić information content (AvgIpc) is 2.76. The van der Waals surface area contributed by atoms with Gasteiger partial charge in [0.25, 0.3) is 0 Å². The standard InChI is InChI=1S/C16H25N3O/c1-5-11(6-2)19(4)12-8-9-13-14(10-12)18-16(20)15(13)17-7-3/h8-11,15,17H,5-7H2,1-4H3,(H,18,20). The molecule has 1 aromatic rings. The Kier molecular flexibility index (Phi) is 4.65. The summed E-state index contributed by atoms with van der Waals surface area (Å²) in [7, 11) is 2.12. The van der Waals surface area contributed by atoms with E-state index in [4.69, 9.17) is 0 Å².